The Hall–Kier alpha value is -0.300. The predicted octanol–water partition coefficient (Wildman–Crippen LogP) is 3.61. The lowest BCUT2D eigenvalue weighted by Crippen LogP contribution is -2.21. The first-order chi connectivity index (χ1) is 6.52. The van der Waals surface area contributed by atoms with E-state index >= 15 is 0 Å². The Balaban J connectivity index is 3.47. The van der Waals surface area contributed by atoms with Gasteiger partial charge in [-0.05, 0) is 38.1 Å². The van der Waals surface area contributed by atoms with Crippen LogP contribution >= 0.6 is 0 Å². The standard InChI is InChI=1S/C13H27N/c1-11(2)7-6-8-13(5)10-14-9-12(3)4/h8,11-12,14H,6-7,9-10H2,1-5H3/b13-8+. The van der Waals surface area contributed by atoms with Crippen LogP contribution < -0.4 is 5.32 Å². The van der Waals surface area contributed by atoms with Gasteiger partial charge in [-0.2, -0.15) is 0 Å². The zero-order valence-electron chi connectivity index (χ0n) is 10.6. The van der Waals surface area contributed by atoms with Gasteiger partial charge in [-0.25, -0.2) is 0 Å². The second-order valence-electron chi connectivity index (χ2n) is 5.05. The lowest BCUT2D eigenvalue weighted by molar-refractivity contribution is 0.568. The molecule has 0 aromatic rings. The van der Waals surface area contributed by atoms with E-state index in [1.807, 2.05) is 0 Å². The Kier molecular flexibility index (Phi) is 7.87. The Bertz CT molecular complexity index is 157. The topological polar surface area (TPSA) is 12.0 Å². The molecule has 0 aliphatic heterocycles. The molecule has 14 heavy (non-hydrogen) atoms. The average Bonchev–Trinajstić information content (AvgIpc) is 2.02. The van der Waals surface area contributed by atoms with Crippen LogP contribution in [0.25, 0.3) is 0 Å². The summed E-state index contributed by atoms with van der Waals surface area (Å²) in [6, 6.07) is 0. The Morgan fingerprint density at radius 3 is 2.29 bits per heavy atom. The highest BCUT2D eigenvalue weighted by atomic mass is 14.8. The van der Waals surface area contributed by atoms with Gasteiger partial charge in [0.25, 0.3) is 0 Å². The normalized spacial score (nSPS) is 12.9. The van der Waals surface area contributed by atoms with Gasteiger partial charge in [0.05, 0.1) is 0 Å². The van der Waals surface area contributed by atoms with Gasteiger partial charge in [0, 0.05) is 6.54 Å². The van der Waals surface area contributed by atoms with Crippen molar-refractivity contribution >= 4 is 0 Å². The molecule has 0 unspecified atom stereocenters. The Morgan fingerprint density at radius 1 is 1.14 bits per heavy atom. The summed E-state index contributed by atoms with van der Waals surface area (Å²) in [7, 11) is 0. The van der Waals surface area contributed by atoms with Crippen molar-refractivity contribution < 1.29 is 0 Å². The van der Waals surface area contributed by atoms with E-state index in [4.69, 9.17) is 0 Å². The van der Waals surface area contributed by atoms with Crippen LogP contribution in [0.2, 0.25) is 0 Å². The molecular weight excluding hydrogens is 170 g/mol. The van der Waals surface area contributed by atoms with E-state index in [9.17, 15) is 0 Å². The van der Waals surface area contributed by atoms with Crippen molar-refractivity contribution in [1.82, 2.24) is 5.32 Å². The number of nitrogens with one attached hydrogen (secondary N) is 1. The third-order valence-corrected chi connectivity index (χ3v) is 2.19. The zero-order chi connectivity index (χ0) is 11.0. The van der Waals surface area contributed by atoms with E-state index in [-0.39, 0.29) is 0 Å². The summed E-state index contributed by atoms with van der Waals surface area (Å²) < 4.78 is 0. The fourth-order valence-corrected chi connectivity index (χ4v) is 1.29. The predicted molar refractivity (Wildman–Crippen MR) is 65.5 cm³/mol. The largest absolute Gasteiger partial charge is 0.313 e. The first-order valence-corrected chi connectivity index (χ1v) is 5.88. The van der Waals surface area contributed by atoms with Crippen LogP contribution in [0, 0.1) is 11.8 Å². The summed E-state index contributed by atoms with van der Waals surface area (Å²) in [6.07, 6.45) is 4.90. The molecule has 84 valence electrons. The molecule has 0 bridgehead atoms. The highest BCUT2D eigenvalue weighted by molar-refractivity contribution is 4.99. The molecule has 0 amide bonds. The van der Waals surface area contributed by atoms with Crippen LogP contribution in [0.1, 0.15) is 47.5 Å². The lowest BCUT2D eigenvalue weighted by atomic mass is 10.1. The molecule has 0 aliphatic rings. The van der Waals surface area contributed by atoms with Crippen molar-refractivity contribution in [2.75, 3.05) is 13.1 Å². The van der Waals surface area contributed by atoms with Crippen molar-refractivity contribution in [3.8, 4) is 0 Å². The molecule has 0 heterocycles. The first kappa shape index (κ1) is 13.7. The molecule has 0 aromatic heterocycles. The van der Waals surface area contributed by atoms with E-state index < -0.39 is 0 Å². The molecule has 0 saturated carbocycles. The monoisotopic (exact) mass is 197 g/mol. The van der Waals surface area contributed by atoms with E-state index in [0.717, 1.165) is 24.9 Å². The van der Waals surface area contributed by atoms with Gasteiger partial charge in [0.1, 0.15) is 0 Å². The number of hydrogen-bond donors (Lipinski definition) is 1. The van der Waals surface area contributed by atoms with E-state index in [0.29, 0.717) is 0 Å². The summed E-state index contributed by atoms with van der Waals surface area (Å²) >= 11 is 0. The van der Waals surface area contributed by atoms with Crippen molar-refractivity contribution in [2.24, 2.45) is 11.8 Å². The van der Waals surface area contributed by atoms with Crippen LogP contribution in [0.4, 0.5) is 0 Å². The smallest absolute Gasteiger partial charge is 0.0161 e. The maximum absolute atomic E-state index is 3.45. The summed E-state index contributed by atoms with van der Waals surface area (Å²) in [5, 5.41) is 3.45. The van der Waals surface area contributed by atoms with Gasteiger partial charge in [0.2, 0.25) is 0 Å². The summed E-state index contributed by atoms with van der Waals surface area (Å²) in [4.78, 5) is 0. The molecule has 0 saturated heterocycles. The van der Waals surface area contributed by atoms with Crippen LogP contribution in [0.15, 0.2) is 11.6 Å². The minimum Gasteiger partial charge on any atom is -0.313 e. The van der Waals surface area contributed by atoms with Crippen molar-refractivity contribution in [1.29, 1.82) is 0 Å². The van der Waals surface area contributed by atoms with Crippen molar-refractivity contribution in [3.05, 3.63) is 11.6 Å². The van der Waals surface area contributed by atoms with Gasteiger partial charge >= 0.3 is 0 Å². The molecule has 0 aliphatic carbocycles. The van der Waals surface area contributed by atoms with Crippen LogP contribution in [-0.4, -0.2) is 13.1 Å². The maximum Gasteiger partial charge on any atom is 0.0161 e. The molecule has 1 heteroatoms. The molecule has 0 aromatic carbocycles. The molecule has 0 atom stereocenters. The van der Waals surface area contributed by atoms with E-state index in [1.54, 1.807) is 0 Å². The Morgan fingerprint density at radius 2 is 1.79 bits per heavy atom. The zero-order valence-corrected chi connectivity index (χ0v) is 10.6. The fraction of sp³-hybridized carbons (Fsp3) is 0.846. The lowest BCUT2D eigenvalue weighted by Gasteiger charge is -2.07. The quantitative estimate of drug-likeness (QED) is 0.615. The van der Waals surface area contributed by atoms with Gasteiger partial charge in [0.15, 0.2) is 0 Å². The van der Waals surface area contributed by atoms with E-state index in [1.165, 1.54) is 18.4 Å². The highest BCUT2D eigenvalue weighted by Gasteiger charge is 1.94. The maximum atomic E-state index is 3.45. The first-order valence-electron chi connectivity index (χ1n) is 5.88. The molecule has 1 nitrogen and oxygen atoms in total. The minimum atomic E-state index is 0.749. The van der Waals surface area contributed by atoms with Crippen LogP contribution in [-0.2, 0) is 0 Å². The fourth-order valence-electron chi connectivity index (χ4n) is 1.29. The van der Waals surface area contributed by atoms with Gasteiger partial charge < -0.3 is 5.32 Å². The minimum absolute atomic E-state index is 0.749. The molecule has 0 rings (SSSR count). The number of rotatable bonds is 7. The van der Waals surface area contributed by atoms with Gasteiger partial charge in [-0.3, -0.25) is 0 Å². The van der Waals surface area contributed by atoms with Gasteiger partial charge in [-0.1, -0.05) is 39.3 Å². The number of hydrogen-bond acceptors (Lipinski definition) is 1. The van der Waals surface area contributed by atoms with Crippen LogP contribution in [0.3, 0.4) is 0 Å². The van der Waals surface area contributed by atoms with Crippen molar-refractivity contribution in [2.45, 2.75) is 47.5 Å². The summed E-state index contributed by atoms with van der Waals surface area (Å²) in [6.45, 7) is 13.4. The second kappa shape index (κ2) is 8.05. The third-order valence-electron chi connectivity index (χ3n) is 2.19. The van der Waals surface area contributed by atoms with Crippen LogP contribution in [0.5, 0.6) is 0 Å². The summed E-state index contributed by atoms with van der Waals surface area (Å²) in [5.41, 5.74) is 1.48. The van der Waals surface area contributed by atoms with Crippen molar-refractivity contribution in [3.63, 3.8) is 0 Å². The highest BCUT2D eigenvalue weighted by Crippen LogP contribution is 2.05. The van der Waals surface area contributed by atoms with E-state index in [2.05, 4.69) is 46.0 Å². The van der Waals surface area contributed by atoms with Gasteiger partial charge in [-0.15, -0.1) is 0 Å². The SMILES string of the molecule is C/C(=C\CCC(C)C)CNCC(C)C. The Labute approximate surface area is 90.0 Å². The molecule has 1 N–H and O–H groups in total. The molecule has 0 spiro atoms. The third kappa shape index (κ3) is 9.79. The average molecular weight is 197 g/mol. The number of allylic oxidation sites excluding steroid dienone is 1. The molecule has 0 radical (unpaired) electrons. The second-order valence-corrected chi connectivity index (χ2v) is 5.05. The molecule has 0 fully saturated rings. The molecular formula is C13H27N. The summed E-state index contributed by atoms with van der Waals surface area (Å²) in [5.74, 6) is 1.57.